The van der Waals surface area contributed by atoms with Gasteiger partial charge < -0.3 is 77.0 Å². The summed E-state index contributed by atoms with van der Waals surface area (Å²) in [4.78, 5) is 122. The van der Waals surface area contributed by atoms with Crippen LogP contribution in [-0.4, -0.2) is 130 Å². The molecule has 8 amide bonds. The number of carbonyl (C=O) groups excluding carboxylic acids is 8. The average molecular weight is 1020 g/mol. The fraction of sp³-hybridized carbons (Fsp3) is 0.467. The van der Waals surface area contributed by atoms with Gasteiger partial charge in [0, 0.05) is 53.5 Å². The lowest BCUT2D eigenvalue weighted by Crippen LogP contribution is -2.61. The Hall–Kier alpha value is -7.06. The van der Waals surface area contributed by atoms with Gasteiger partial charge in [-0.25, -0.2) is 0 Å². The maximum Gasteiger partial charge on any atom is 0.243 e. The normalized spacial score (nSPS) is 22.2. The molecular formula is C45H66N16O8S2. The van der Waals surface area contributed by atoms with Crippen LogP contribution in [0.1, 0.15) is 63.5 Å². The van der Waals surface area contributed by atoms with E-state index in [1.165, 1.54) is 10.8 Å². The van der Waals surface area contributed by atoms with Crippen molar-refractivity contribution in [2.75, 3.05) is 18.8 Å². The lowest BCUT2D eigenvalue weighted by Gasteiger charge is -2.33. The molecule has 2 aromatic carbocycles. The molecule has 1 aliphatic rings. The minimum absolute atomic E-state index is 0.0533. The van der Waals surface area contributed by atoms with E-state index in [1.807, 2.05) is 24.3 Å². The number of benzene rings is 2. The maximum atomic E-state index is 14.5. The number of aliphatic imine (C=N–C) groups is 2. The molecule has 1 aromatic heterocycles. The highest BCUT2D eigenvalue weighted by Gasteiger charge is 2.39. The summed E-state index contributed by atoms with van der Waals surface area (Å²) in [7, 11) is 2.34. The van der Waals surface area contributed by atoms with Crippen LogP contribution in [0.2, 0.25) is 0 Å². The molecule has 26 heteroatoms. The van der Waals surface area contributed by atoms with E-state index in [2.05, 4.69) is 46.9 Å². The summed E-state index contributed by atoms with van der Waals surface area (Å²) < 4.78 is -1.14. The van der Waals surface area contributed by atoms with E-state index in [1.54, 1.807) is 50.4 Å². The number of aromatic nitrogens is 1. The van der Waals surface area contributed by atoms with Gasteiger partial charge in [-0.3, -0.25) is 48.3 Å². The Bertz CT molecular complexity index is 2410. The number of rotatable bonds is 17. The molecule has 7 atom stereocenters. The molecule has 0 radical (unpaired) electrons. The van der Waals surface area contributed by atoms with Gasteiger partial charge in [-0.15, -0.1) is 0 Å². The molecule has 21 N–H and O–H groups in total. The number of nitrogens with one attached hydrogen (secondary N) is 7. The van der Waals surface area contributed by atoms with Crippen molar-refractivity contribution < 1.29 is 38.4 Å². The Morgan fingerprint density at radius 2 is 1.28 bits per heavy atom. The number of nitrogens with zero attached hydrogens (tertiary/aromatic N) is 2. The van der Waals surface area contributed by atoms with Crippen LogP contribution in [0.3, 0.4) is 0 Å². The minimum Gasteiger partial charge on any atom is -0.370 e. The van der Waals surface area contributed by atoms with E-state index < -0.39 is 101 Å². The third kappa shape index (κ3) is 18.3. The Kier molecular flexibility index (Phi) is 21.8. The van der Waals surface area contributed by atoms with Crippen LogP contribution in [0.5, 0.6) is 0 Å². The van der Waals surface area contributed by atoms with Gasteiger partial charge in [-0.1, -0.05) is 70.1 Å². The van der Waals surface area contributed by atoms with Crippen molar-refractivity contribution in [3.05, 3.63) is 71.9 Å². The molecular weight excluding hydrogens is 957 g/mol. The van der Waals surface area contributed by atoms with E-state index in [9.17, 15) is 38.4 Å². The molecule has 1 saturated heterocycles. The molecule has 71 heavy (non-hydrogen) atoms. The molecule has 0 bridgehead atoms. The SMILES string of the molecule is CC1(C)SSCC[C@H](NC(=O)[C@@H](N)CCCN=C(N)N)C(=O)N[C@@H](CC(N)=O)C(=O)N[C@H](Cc2ccccc2)C(=O)N[C@@H](CCCN=C(N)N)C(=O)N[C@@H](Cc2c[nH]c3ccccc23)C(=O)N[C@@H]1C(N)=O. The summed E-state index contributed by atoms with van der Waals surface area (Å²) >= 11 is 0. The number of hydrogen-bond acceptors (Lipinski definition) is 13. The van der Waals surface area contributed by atoms with Crippen molar-refractivity contribution in [1.29, 1.82) is 0 Å². The first-order valence-electron chi connectivity index (χ1n) is 22.8. The average Bonchev–Trinajstić information content (AvgIpc) is 3.72. The van der Waals surface area contributed by atoms with E-state index in [0.29, 0.717) is 17.5 Å². The Morgan fingerprint density at radius 1 is 0.718 bits per heavy atom. The van der Waals surface area contributed by atoms with Crippen molar-refractivity contribution in [1.82, 2.24) is 36.9 Å². The van der Waals surface area contributed by atoms with Crippen molar-refractivity contribution in [3.63, 3.8) is 0 Å². The number of aromatic amines is 1. The summed E-state index contributed by atoms with van der Waals surface area (Å²) in [6, 6.07) is 6.27. The second kappa shape index (κ2) is 27.4. The van der Waals surface area contributed by atoms with Crippen molar-refractivity contribution in [2.45, 2.75) is 112 Å². The van der Waals surface area contributed by atoms with E-state index in [-0.39, 0.29) is 69.3 Å². The predicted octanol–water partition coefficient (Wildman–Crippen LogP) is -2.78. The summed E-state index contributed by atoms with van der Waals surface area (Å²) in [6.07, 6.45) is 1.24. The monoisotopic (exact) mass is 1020 g/mol. The molecule has 4 rings (SSSR count). The Labute approximate surface area is 418 Å². The van der Waals surface area contributed by atoms with Gasteiger partial charge in [-0.05, 0) is 63.1 Å². The fourth-order valence-corrected chi connectivity index (χ4v) is 10.2. The fourth-order valence-electron chi connectivity index (χ4n) is 7.50. The number of nitrogens with two attached hydrogens (primary N) is 7. The van der Waals surface area contributed by atoms with Crippen LogP contribution in [-0.2, 0) is 51.2 Å². The minimum atomic E-state index is -1.66. The van der Waals surface area contributed by atoms with Gasteiger partial charge in [0.25, 0.3) is 0 Å². The molecule has 3 aromatic rings. The topological polar surface area (TPSA) is 431 Å². The van der Waals surface area contributed by atoms with Crippen molar-refractivity contribution in [3.8, 4) is 0 Å². The zero-order valence-corrected chi connectivity index (χ0v) is 41.2. The van der Waals surface area contributed by atoms with E-state index >= 15 is 0 Å². The molecule has 386 valence electrons. The van der Waals surface area contributed by atoms with Crippen molar-refractivity contribution >= 4 is 91.7 Å². The lowest BCUT2D eigenvalue weighted by atomic mass is 9.99. The standard InChI is InChI=1S/C45H66N16O8S2/c1-45(2)35(36(48)63)61-42(69)32(21-25-23-55-28-14-7-6-12-26(25)28)59-38(65)29(15-9-18-54-44(51)52)57-40(67)31(20-24-10-4-3-5-11-24)58-41(68)33(22-34(47)62)60-39(66)30(16-19-70-71-45)56-37(64)27(46)13-8-17-53-43(49)50/h3-7,10-12,14,23,27,29-33,35,55H,8-9,13,15-22,46H2,1-2H3,(H2,47,62)(H2,48,63)(H,56,64)(H,57,67)(H,58,68)(H,59,65)(H,60,66)(H,61,69)(H4,49,50,53)(H4,51,52,54)/t27-,29-,30-,31+,32-,33-,35+/m0/s1. The van der Waals surface area contributed by atoms with Gasteiger partial charge in [0.05, 0.1) is 12.5 Å². The number of primary amides is 2. The first kappa shape index (κ1) is 56.5. The third-order valence-corrected chi connectivity index (χ3v) is 14.6. The predicted molar refractivity (Wildman–Crippen MR) is 273 cm³/mol. The second-order valence-electron chi connectivity index (χ2n) is 17.4. The number of carbonyl (C=O) groups is 8. The largest absolute Gasteiger partial charge is 0.370 e. The highest BCUT2D eigenvalue weighted by molar-refractivity contribution is 8.77. The number of H-pyrrole nitrogens is 1. The summed E-state index contributed by atoms with van der Waals surface area (Å²) in [5.74, 6) is -7.14. The first-order chi connectivity index (χ1) is 33.6. The molecule has 0 saturated carbocycles. The molecule has 0 spiro atoms. The van der Waals surface area contributed by atoms with Gasteiger partial charge in [0.2, 0.25) is 47.3 Å². The van der Waals surface area contributed by atoms with Crippen LogP contribution >= 0.6 is 21.6 Å². The summed E-state index contributed by atoms with van der Waals surface area (Å²) in [6.45, 7) is 3.57. The van der Waals surface area contributed by atoms with Crippen LogP contribution in [0.4, 0.5) is 0 Å². The van der Waals surface area contributed by atoms with Crippen LogP contribution in [0.15, 0.2) is 70.8 Å². The summed E-state index contributed by atoms with van der Waals surface area (Å²) in [5.41, 5.74) is 41.6. The van der Waals surface area contributed by atoms with E-state index in [4.69, 9.17) is 40.1 Å². The highest BCUT2D eigenvalue weighted by Crippen LogP contribution is 2.39. The van der Waals surface area contributed by atoms with Gasteiger partial charge in [0.15, 0.2) is 11.9 Å². The first-order valence-corrected chi connectivity index (χ1v) is 25.1. The maximum absolute atomic E-state index is 14.5. The van der Waals surface area contributed by atoms with Gasteiger partial charge in [0.1, 0.15) is 36.3 Å². The molecule has 2 heterocycles. The summed E-state index contributed by atoms with van der Waals surface area (Å²) in [5, 5.41) is 16.8. The molecule has 24 nitrogen and oxygen atoms in total. The molecule has 1 aliphatic heterocycles. The van der Waals surface area contributed by atoms with Gasteiger partial charge in [-0.2, -0.15) is 0 Å². The van der Waals surface area contributed by atoms with Crippen molar-refractivity contribution in [2.24, 2.45) is 50.1 Å². The van der Waals surface area contributed by atoms with Crippen LogP contribution < -0.4 is 72.0 Å². The molecule has 1 fully saturated rings. The number of amides is 8. The highest BCUT2D eigenvalue weighted by atomic mass is 33.1. The van der Waals surface area contributed by atoms with Crippen LogP contribution in [0, 0.1) is 0 Å². The quantitative estimate of drug-likeness (QED) is 0.0282. The second-order valence-corrected chi connectivity index (χ2v) is 20.4. The number of fused-ring (bicyclic) bond motifs is 1. The number of hydrogen-bond donors (Lipinski definition) is 14. The van der Waals surface area contributed by atoms with E-state index in [0.717, 1.165) is 21.7 Å². The molecule has 0 aliphatic carbocycles. The number of guanidine groups is 2. The number of para-hydroxylation sites is 1. The molecule has 0 unspecified atom stereocenters. The van der Waals surface area contributed by atoms with Gasteiger partial charge >= 0.3 is 0 Å². The smallest absolute Gasteiger partial charge is 0.243 e. The Balaban J connectivity index is 1.80. The third-order valence-electron chi connectivity index (χ3n) is 11.2. The lowest BCUT2D eigenvalue weighted by molar-refractivity contribution is -0.136. The Morgan fingerprint density at radius 3 is 1.93 bits per heavy atom. The van der Waals surface area contributed by atoms with Crippen LogP contribution in [0.25, 0.3) is 10.9 Å². The zero-order valence-electron chi connectivity index (χ0n) is 39.6. The zero-order chi connectivity index (χ0) is 52.3.